The van der Waals surface area contributed by atoms with E-state index < -0.39 is 0 Å². The van der Waals surface area contributed by atoms with E-state index in [1.54, 1.807) is 47.8 Å². The summed E-state index contributed by atoms with van der Waals surface area (Å²) in [7, 11) is 1.55. The van der Waals surface area contributed by atoms with Crippen LogP contribution >= 0.6 is 11.3 Å². The average molecular weight is 386 g/mol. The molecule has 0 saturated carbocycles. The van der Waals surface area contributed by atoms with E-state index in [4.69, 9.17) is 9.47 Å². The molecule has 0 saturated heterocycles. The largest absolute Gasteiger partial charge is 0.493 e. The highest BCUT2D eigenvalue weighted by molar-refractivity contribution is 7.07. The maximum Gasteiger partial charge on any atom is 0.256 e. The number of amides is 1. The zero-order valence-corrected chi connectivity index (χ0v) is 16.3. The van der Waals surface area contributed by atoms with Gasteiger partial charge in [-0.25, -0.2) is 9.67 Å². The molecule has 0 spiro atoms. The van der Waals surface area contributed by atoms with Gasteiger partial charge in [-0.05, 0) is 31.5 Å². The highest BCUT2D eigenvalue weighted by atomic mass is 32.1. The highest BCUT2D eigenvalue weighted by Gasteiger charge is 2.15. The van der Waals surface area contributed by atoms with Gasteiger partial charge in [0.1, 0.15) is 12.4 Å². The lowest BCUT2D eigenvalue weighted by atomic mass is 10.2. The minimum absolute atomic E-state index is 0.200. The summed E-state index contributed by atoms with van der Waals surface area (Å²) in [5.41, 5.74) is 3.08. The van der Waals surface area contributed by atoms with E-state index in [-0.39, 0.29) is 11.9 Å². The van der Waals surface area contributed by atoms with E-state index in [2.05, 4.69) is 29.2 Å². The van der Waals surface area contributed by atoms with Crippen molar-refractivity contribution in [2.75, 3.05) is 12.4 Å². The van der Waals surface area contributed by atoms with Crippen molar-refractivity contribution in [3.05, 3.63) is 52.6 Å². The van der Waals surface area contributed by atoms with Crippen LogP contribution in [-0.2, 0) is 6.61 Å². The predicted molar refractivity (Wildman–Crippen MR) is 105 cm³/mol. The van der Waals surface area contributed by atoms with Gasteiger partial charge in [0.05, 0.1) is 30.6 Å². The van der Waals surface area contributed by atoms with E-state index >= 15 is 0 Å². The Kier molecular flexibility index (Phi) is 6.08. The van der Waals surface area contributed by atoms with Gasteiger partial charge in [0.2, 0.25) is 0 Å². The Morgan fingerprint density at radius 3 is 2.89 bits per heavy atom. The van der Waals surface area contributed by atoms with Crippen molar-refractivity contribution in [3.8, 4) is 11.5 Å². The summed E-state index contributed by atoms with van der Waals surface area (Å²) in [5.74, 6) is 1.49. The van der Waals surface area contributed by atoms with Crippen molar-refractivity contribution in [1.82, 2.24) is 14.8 Å². The van der Waals surface area contributed by atoms with Gasteiger partial charge in [0, 0.05) is 17.0 Å². The highest BCUT2D eigenvalue weighted by Crippen LogP contribution is 2.29. The van der Waals surface area contributed by atoms with Crippen LogP contribution in [0.25, 0.3) is 0 Å². The number of methoxy groups -OCH3 is 1. The second-order valence-electron chi connectivity index (χ2n) is 6.01. The molecule has 7 nitrogen and oxygen atoms in total. The van der Waals surface area contributed by atoms with Gasteiger partial charge in [0.15, 0.2) is 11.5 Å². The Hall–Kier alpha value is -2.87. The minimum Gasteiger partial charge on any atom is -0.493 e. The molecule has 0 aliphatic heterocycles. The SMILES string of the molecule is CCC(C)n1nccc1NC(=O)c1ccc(OCc2cscn2)c(OC)c1. The number of hydrogen-bond acceptors (Lipinski definition) is 6. The van der Waals surface area contributed by atoms with Gasteiger partial charge < -0.3 is 14.8 Å². The molecule has 1 amide bonds. The molecule has 0 bridgehead atoms. The first kappa shape index (κ1) is 18.9. The number of benzene rings is 1. The summed E-state index contributed by atoms with van der Waals surface area (Å²) in [6.45, 7) is 4.48. The summed E-state index contributed by atoms with van der Waals surface area (Å²) in [5, 5.41) is 9.11. The van der Waals surface area contributed by atoms with Crippen LogP contribution in [0.3, 0.4) is 0 Å². The molecule has 1 unspecified atom stereocenters. The normalized spacial score (nSPS) is 11.8. The summed E-state index contributed by atoms with van der Waals surface area (Å²) < 4.78 is 12.9. The van der Waals surface area contributed by atoms with E-state index in [1.807, 2.05) is 5.38 Å². The van der Waals surface area contributed by atoms with Crippen LogP contribution in [0.5, 0.6) is 11.5 Å². The maximum absolute atomic E-state index is 12.6. The molecular weight excluding hydrogens is 364 g/mol. The molecule has 0 aliphatic rings. The van der Waals surface area contributed by atoms with Crippen molar-refractivity contribution < 1.29 is 14.3 Å². The first-order valence-electron chi connectivity index (χ1n) is 8.65. The number of nitrogens with zero attached hydrogens (tertiary/aromatic N) is 3. The second-order valence-corrected chi connectivity index (χ2v) is 6.73. The molecule has 142 valence electrons. The first-order valence-corrected chi connectivity index (χ1v) is 9.59. The number of ether oxygens (including phenoxy) is 2. The van der Waals surface area contributed by atoms with Crippen LogP contribution in [0.4, 0.5) is 5.82 Å². The number of thiazole rings is 1. The fraction of sp³-hybridized carbons (Fsp3) is 0.316. The summed E-state index contributed by atoms with van der Waals surface area (Å²) in [6.07, 6.45) is 2.60. The molecule has 3 aromatic rings. The van der Waals surface area contributed by atoms with E-state index in [0.717, 1.165) is 12.1 Å². The Morgan fingerprint density at radius 2 is 2.19 bits per heavy atom. The van der Waals surface area contributed by atoms with E-state index in [1.165, 1.54) is 11.3 Å². The third kappa shape index (κ3) is 4.46. The van der Waals surface area contributed by atoms with Gasteiger partial charge in [-0.15, -0.1) is 11.3 Å². The average Bonchev–Trinajstić information content (AvgIpc) is 3.37. The van der Waals surface area contributed by atoms with Crippen molar-refractivity contribution in [2.45, 2.75) is 32.9 Å². The number of anilines is 1. The lowest BCUT2D eigenvalue weighted by Crippen LogP contribution is -2.17. The van der Waals surface area contributed by atoms with Crippen LogP contribution in [0.15, 0.2) is 41.4 Å². The number of carbonyl (C=O) groups excluding carboxylic acids is 1. The molecule has 3 rings (SSSR count). The lowest BCUT2D eigenvalue weighted by molar-refractivity contribution is 0.102. The molecule has 1 N–H and O–H groups in total. The van der Waals surface area contributed by atoms with E-state index in [9.17, 15) is 4.79 Å². The van der Waals surface area contributed by atoms with Crippen LogP contribution in [0.1, 0.15) is 42.4 Å². The molecular formula is C19H22N4O3S. The number of carbonyl (C=O) groups is 1. The minimum atomic E-state index is -0.232. The monoisotopic (exact) mass is 386 g/mol. The third-order valence-corrected chi connectivity index (χ3v) is 4.84. The van der Waals surface area contributed by atoms with Gasteiger partial charge in [0.25, 0.3) is 5.91 Å². The van der Waals surface area contributed by atoms with Crippen LogP contribution in [0, 0.1) is 0 Å². The Morgan fingerprint density at radius 1 is 1.33 bits per heavy atom. The van der Waals surface area contributed by atoms with Crippen LogP contribution in [0.2, 0.25) is 0 Å². The number of aromatic nitrogens is 3. The topological polar surface area (TPSA) is 78.3 Å². The molecule has 2 aromatic heterocycles. The lowest BCUT2D eigenvalue weighted by Gasteiger charge is -2.15. The van der Waals surface area contributed by atoms with Gasteiger partial charge in [-0.1, -0.05) is 6.92 Å². The molecule has 2 heterocycles. The van der Waals surface area contributed by atoms with Crippen LogP contribution in [-0.4, -0.2) is 27.8 Å². The zero-order chi connectivity index (χ0) is 19.2. The molecule has 0 aliphatic carbocycles. The fourth-order valence-corrected chi connectivity index (χ4v) is 3.06. The van der Waals surface area contributed by atoms with Crippen LogP contribution < -0.4 is 14.8 Å². The Bertz CT molecular complexity index is 892. The smallest absolute Gasteiger partial charge is 0.256 e. The van der Waals surface area contributed by atoms with Gasteiger partial charge in [-0.2, -0.15) is 5.10 Å². The molecule has 8 heteroatoms. The molecule has 1 atom stereocenters. The first-order chi connectivity index (χ1) is 13.1. The van der Waals surface area contributed by atoms with E-state index in [0.29, 0.717) is 29.5 Å². The number of hydrogen-bond donors (Lipinski definition) is 1. The van der Waals surface area contributed by atoms with Gasteiger partial charge >= 0.3 is 0 Å². The molecule has 27 heavy (non-hydrogen) atoms. The predicted octanol–water partition coefficient (Wildman–Crippen LogP) is 4.15. The third-order valence-electron chi connectivity index (χ3n) is 4.21. The molecule has 1 aromatic carbocycles. The van der Waals surface area contributed by atoms with Crippen molar-refractivity contribution in [3.63, 3.8) is 0 Å². The standard InChI is InChI=1S/C19H22N4O3S/c1-4-13(2)23-18(7-8-21-23)22-19(24)14-5-6-16(17(9-14)25-3)26-10-15-11-27-12-20-15/h5-9,11-13H,4,10H2,1-3H3,(H,22,24). The summed E-state index contributed by atoms with van der Waals surface area (Å²) in [6, 6.07) is 7.08. The van der Waals surface area contributed by atoms with Crippen molar-refractivity contribution >= 4 is 23.1 Å². The molecule has 0 fully saturated rings. The Labute approximate surface area is 162 Å². The second kappa shape index (κ2) is 8.68. The van der Waals surface area contributed by atoms with Crippen molar-refractivity contribution in [2.24, 2.45) is 0 Å². The van der Waals surface area contributed by atoms with Gasteiger partial charge in [-0.3, -0.25) is 4.79 Å². The Balaban J connectivity index is 1.73. The quantitative estimate of drug-likeness (QED) is 0.629. The fourth-order valence-electron chi connectivity index (χ4n) is 2.51. The maximum atomic E-state index is 12.6. The summed E-state index contributed by atoms with van der Waals surface area (Å²) >= 11 is 1.51. The zero-order valence-electron chi connectivity index (χ0n) is 15.5. The molecule has 0 radical (unpaired) electrons. The van der Waals surface area contributed by atoms with Crippen molar-refractivity contribution in [1.29, 1.82) is 0 Å². The number of rotatable bonds is 8. The number of nitrogens with one attached hydrogen (secondary N) is 1. The summed E-state index contributed by atoms with van der Waals surface area (Å²) in [4.78, 5) is 16.8.